The monoisotopic (exact) mass is 327 g/mol. The molecule has 0 N–H and O–H groups in total. The van der Waals surface area contributed by atoms with E-state index >= 15 is 0 Å². The van der Waals surface area contributed by atoms with E-state index in [0.717, 1.165) is 44.4 Å². The van der Waals surface area contributed by atoms with E-state index in [1.807, 2.05) is 55.8 Å². The molecule has 0 aliphatic carbocycles. The van der Waals surface area contributed by atoms with E-state index in [4.69, 9.17) is 4.52 Å². The largest absolute Gasteiger partial charge is 0.356 e. The number of aryl methyl sites for hydroxylation is 1. The Labute approximate surface area is 142 Å². The number of hydrogen-bond donors (Lipinski definition) is 0. The molecule has 6 nitrogen and oxygen atoms in total. The second-order valence-corrected chi connectivity index (χ2v) is 5.88. The van der Waals surface area contributed by atoms with E-state index in [0.29, 0.717) is 0 Å². The lowest BCUT2D eigenvalue weighted by Crippen LogP contribution is -1.90. The molecule has 5 rings (SSSR count). The van der Waals surface area contributed by atoms with Gasteiger partial charge in [0.1, 0.15) is 17.7 Å². The summed E-state index contributed by atoms with van der Waals surface area (Å²) in [5.74, 6) is 0. The Kier molecular flexibility index (Phi) is 2.90. The fraction of sp³-hybridized carbons (Fsp3) is 0.0526. The molecular weight excluding hydrogens is 314 g/mol. The summed E-state index contributed by atoms with van der Waals surface area (Å²) in [5.41, 5.74) is 5.23. The van der Waals surface area contributed by atoms with Gasteiger partial charge in [-0.3, -0.25) is 4.68 Å². The van der Waals surface area contributed by atoms with Gasteiger partial charge in [0.25, 0.3) is 0 Å². The van der Waals surface area contributed by atoms with Crippen molar-refractivity contribution in [2.24, 2.45) is 7.05 Å². The number of para-hydroxylation sites is 1. The summed E-state index contributed by atoms with van der Waals surface area (Å²) < 4.78 is 7.21. The Morgan fingerprint density at radius 1 is 0.920 bits per heavy atom. The minimum Gasteiger partial charge on any atom is -0.356 e. The summed E-state index contributed by atoms with van der Waals surface area (Å²) in [6.07, 6.45) is 5.39. The van der Waals surface area contributed by atoms with Crippen LogP contribution in [-0.2, 0) is 7.05 Å². The molecule has 0 aliphatic heterocycles. The molecule has 0 amide bonds. The third-order valence-electron chi connectivity index (χ3n) is 4.28. The Bertz CT molecular complexity index is 1220. The van der Waals surface area contributed by atoms with E-state index < -0.39 is 0 Å². The van der Waals surface area contributed by atoms with Crippen LogP contribution in [0.25, 0.3) is 44.4 Å². The number of hydrogen-bond acceptors (Lipinski definition) is 5. The minimum absolute atomic E-state index is 0.733. The van der Waals surface area contributed by atoms with Crippen molar-refractivity contribution >= 4 is 21.9 Å². The van der Waals surface area contributed by atoms with Crippen molar-refractivity contribution in [3.63, 3.8) is 0 Å². The van der Waals surface area contributed by atoms with Gasteiger partial charge in [0.2, 0.25) is 0 Å². The molecule has 5 aromatic rings. The highest BCUT2D eigenvalue weighted by molar-refractivity contribution is 6.00. The van der Waals surface area contributed by atoms with Gasteiger partial charge < -0.3 is 4.52 Å². The maximum absolute atomic E-state index is 5.43. The average Bonchev–Trinajstić information content (AvgIpc) is 3.27. The SMILES string of the molecule is Cn1cc(-c2ccc3c(-c4noc5ccccc45)ncnc3c2)cn1. The predicted octanol–water partition coefficient (Wildman–Crippen LogP) is 3.84. The van der Waals surface area contributed by atoms with E-state index in [1.54, 1.807) is 11.0 Å². The normalized spacial score (nSPS) is 11.4. The first-order chi connectivity index (χ1) is 12.3. The van der Waals surface area contributed by atoms with Crippen LogP contribution in [0.15, 0.2) is 65.7 Å². The van der Waals surface area contributed by atoms with Crippen LogP contribution >= 0.6 is 0 Å². The molecule has 0 spiro atoms. The first-order valence-corrected chi connectivity index (χ1v) is 7.88. The first-order valence-electron chi connectivity index (χ1n) is 7.88. The molecule has 2 aromatic carbocycles. The third-order valence-corrected chi connectivity index (χ3v) is 4.28. The molecule has 25 heavy (non-hydrogen) atoms. The van der Waals surface area contributed by atoms with Crippen LogP contribution in [0.3, 0.4) is 0 Å². The highest BCUT2D eigenvalue weighted by Crippen LogP contribution is 2.32. The van der Waals surface area contributed by atoms with Crippen LogP contribution in [0, 0.1) is 0 Å². The summed E-state index contributed by atoms with van der Waals surface area (Å²) in [5, 5.41) is 10.3. The first kappa shape index (κ1) is 13.9. The van der Waals surface area contributed by atoms with Crippen molar-refractivity contribution in [2.45, 2.75) is 0 Å². The van der Waals surface area contributed by atoms with Crippen molar-refractivity contribution in [1.29, 1.82) is 0 Å². The number of benzene rings is 2. The lowest BCUT2D eigenvalue weighted by molar-refractivity contribution is 0.459. The summed E-state index contributed by atoms with van der Waals surface area (Å²) in [6, 6.07) is 13.9. The van der Waals surface area contributed by atoms with E-state index in [-0.39, 0.29) is 0 Å². The Hall–Kier alpha value is -3.54. The molecule has 0 unspecified atom stereocenters. The molecule has 0 radical (unpaired) electrons. The van der Waals surface area contributed by atoms with Gasteiger partial charge in [-0.1, -0.05) is 23.4 Å². The van der Waals surface area contributed by atoms with E-state index in [9.17, 15) is 0 Å². The van der Waals surface area contributed by atoms with E-state index in [1.165, 1.54) is 0 Å². The van der Waals surface area contributed by atoms with Crippen molar-refractivity contribution in [2.75, 3.05) is 0 Å². The highest BCUT2D eigenvalue weighted by Gasteiger charge is 2.15. The molecule has 120 valence electrons. The number of rotatable bonds is 2. The summed E-state index contributed by atoms with van der Waals surface area (Å²) >= 11 is 0. The topological polar surface area (TPSA) is 69.6 Å². The van der Waals surface area contributed by atoms with Crippen LogP contribution in [0.2, 0.25) is 0 Å². The maximum atomic E-state index is 5.43. The Morgan fingerprint density at radius 2 is 1.84 bits per heavy atom. The van der Waals surface area contributed by atoms with Crippen molar-refractivity contribution in [3.8, 4) is 22.5 Å². The zero-order valence-electron chi connectivity index (χ0n) is 13.4. The van der Waals surface area contributed by atoms with Crippen LogP contribution < -0.4 is 0 Å². The van der Waals surface area contributed by atoms with Gasteiger partial charge in [-0.25, -0.2) is 9.97 Å². The second-order valence-electron chi connectivity index (χ2n) is 5.88. The maximum Gasteiger partial charge on any atom is 0.167 e. The molecule has 6 heteroatoms. The van der Waals surface area contributed by atoms with Crippen LogP contribution in [0.5, 0.6) is 0 Å². The molecule has 0 bridgehead atoms. The zero-order chi connectivity index (χ0) is 16.8. The molecule has 0 aliphatic rings. The smallest absolute Gasteiger partial charge is 0.167 e. The molecule has 0 atom stereocenters. The molecule has 0 saturated carbocycles. The summed E-state index contributed by atoms with van der Waals surface area (Å²) in [4.78, 5) is 8.88. The quantitative estimate of drug-likeness (QED) is 0.493. The lowest BCUT2D eigenvalue weighted by atomic mass is 10.0. The number of fused-ring (bicyclic) bond motifs is 2. The summed E-state index contributed by atoms with van der Waals surface area (Å²) in [6.45, 7) is 0. The van der Waals surface area contributed by atoms with Crippen LogP contribution in [0.1, 0.15) is 0 Å². The zero-order valence-corrected chi connectivity index (χ0v) is 13.4. The van der Waals surface area contributed by atoms with Gasteiger partial charge >= 0.3 is 0 Å². The average molecular weight is 327 g/mol. The highest BCUT2D eigenvalue weighted by atomic mass is 16.5. The fourth-order valence-electron chi connectivity index (χ4n) is 3.05. The van der Waals surface area contributed by atoms with Gasteiger partial charge in [-0.05, 0) is 29.8 Å². The predicted molar refractivity (Wildman–Crippen MR) is 94.7 cm³/mol. The Morgan fingerprint density at radius 3 is 2.72 bits per heavy atom. The van der Waals surface area contributed by atoms with Crippen LogP contribution in [-0.4, -0.2) is 24.9 Å². The third kappa shape index (κ3) is 2.19. The second kappa shape index (κ2) is 5.24. The number of aromatic nitrogens is 5. The van der Waals surface area contributed by atoms with Crippen molar-refractivity contribution in [3.05, 3.63) is 61.2 Å². The van der Waals surface area contributed by atoms with Crippen molar-refractivity contribution in [1.82, 2.24) is 24.9 Å². The Balaban J connectivity index is 1.72. The minimum atomic E-state index is 0.733. The van der Waals surface area contributed by atoms with Crippen molar-refractivity contribution < 1.29 is 4.52 Å². The van der Waals surface area contributed by atoms with Gasteiger partial charge in [-0.2, -0.15) is 5.10 Å². The van der Waals surface area contributed by atoms with Gasteiger partial charge in [0.15, 0.2) is 5.58 Å². The van der Waals surface area contributed by atoms with E-state index in [2.05, 4.69) is 26.3 Å². The lowest BCUT2D eigenvalue weighted by Gasteiger charge is -2.04. The van der Waals surface area contributed by atoms with Crippen LogP contribution in [0.4, 0.5) is 0 Å². The standard InChI is InChI=1S/C19H13N5O/c1-24-10-13(9-22-24)12-6-7-14-16(8-12)20-11-21-18(14)19-15-4-2-3-5-17(15)25-23-19/h2-11H,1H3. The van der Waals surface area contributed by atoms with Gasteiger partial charge in [0, 0.05) is 24.2 Å². The molecule has 0 fully saturated rings. The molecule has 0 saturated heterocycles. The van der Waals surface area contributed by atoms with Gasteiger partial charge in [0.05, 0.1) is 17.1 Å². The molecule has 3 heterocycles. The fourth-order valence-corrected chi connectivity index (χ4v) is 3.05. The molecular formula is C19H13N5O. The summed E-state index contributed by atoms with van der Waals surface area (Å²) in [7, 11) is 1.90. The number of nitrogens with zero attached hydrogens (tertiary/aromatic N) is 5. The van der Waals surface area contributed by atoms with Gasteiger partial charge in [-0.15, -0.1) is 0 Å². The molecule has 3 aromatic heterocycles.